The third-order valence-electron chi connectivity index (χ3n) is 2.17. The van der Waals surface area contributed by atoms with Crippen LogP contribution in [0, 0.1) is 0 Å². The second kappa shape index (κ2) is 3.47. The Kier molecular flexibility index (Phi) is 3.63. The standard InChI is InChI=1S/C8H17IOSi/c1-7(9)10-11(5,6)8(2,3)4/h1H2,2-6H3. The van der Waals surface area contributed by atoms with Crippen LogP contribution < -0.4 is 0 Å². The first-order valence-electron chi connectivity index (χ1n) is 3.70. The van der Waals surface area contributed by atoms with Gasteiger partial charge in [0.15, 0.2) is 0 Å². The van der Waals surface area contributed by atoms with Gasteiger partial charge in [-0.25, -0.2) is 0 Å². The van der Waals surface area contributed by atoms with Crippen molar-refractivity contribution in [2.75, 3.05) is 0 Å². The SMILES string of the molecule is C=C(I)O[Si](C)(C)C(C)(C)C. The molecule has 0 spiro atoms. The highest BCUT2D eigenvalue weighted by atomic mass is 127. The second-order valence-corrected chi connectivity index (χ2v) is 10.1. The molecule has 0 amide bonds. The molecule has 0 saturated heterocycles. The first-order chi connectivity index (χ1) is 4.67. The number of hydrogen-bond donors (Lipinski definition) is 0. The molecule has 0 bridgehead atoms. The highest BCUT2D eigenvalue weighted by Crippen LogP contribution is 2.38. The lowest BCUT2D eigenvalue weighted by Crippen LogP contribution is -2.39. The normalized spacial score (nSPS) is 12.9. The van der Waals surface area contributed by atoms with E-state index in [1.165, 1.54) is 0 Å². The van der Waals surface area contributed by atoms with Gasteiger partial charge in [-0.05, 0) is 40.7 Å². The van der Waals surface area contributed by atoms with Gasteiger partial charge in [0.1, 0.15) is 3.77 Å². The third kappa shape index (κ3) is 3.60. The van der Waals surface area contributed by atoms with E-state index >= 15 is 0 Å². The van der Waals surface area contributed by atoms with E-state index in [0.717, 1.165) is 3.77 Å². The third-order valence-corrected chi connectivity index (χ3v) is 7.18. The Balaban J connectivity index is 4.34. The molecule has 0 radical (unpaired) electrons. The number of rotatable bonds is 2. The van der Waals surface area contributed by atoms with Crippen molar-refractivity contribution in [2.24, 2.45) is 0 Å². The summed E-state index contributed by atoms with van der Waals surface area (Å²) < 4.78 is 6.55. The van der Waals surface area contributed by atoms with Crippen LogP contribution in [0.15, 0.2) is 10.3 Å². The molecule has 0 aromatic heterocycles. The predicted octanol–water partition coefficient (Wildman–Crippen LogP) is 3.91. The summed E-state index contributed by atoms with van der Waals surface area (Å²) in [4.78, 5) is 0. The highest BCUT2D eigenvalue weighted by molar-refractivity contribution is 14.1. The van der Waals surface area contributed by atoms with Crippen molar-refractivity contribution in [2.45, 2.75) is 38.9 Å². The molecule has 3 heteroatoms. The van der Waals surface area contributed by atoms with Gasteiger partial charge < -0.3 is 4.43 Å². The molecule has 0 rings (SSSR count). The van der Waals surface area contributed by atoms with Crippen molar-refractivity contribution >= 4 is 30.9 Å². The fraction of sp³-hybridized carbons (Fsp3) is 0.750. The number of halogens is 1. The molecule has 11 heavy (non-hydrogen) atoms. The van der Waals surface area contributed by atoms with Gasteiger partial charge in [-0.2, -0.15) is 0 Å². The molecule has 0 saturated carbocycles. The van der Waals surface area contributed by atoms with Crippen LogP contribution >= 0.6 is 22.6 Å². The summed E-state index contributed by atoms with van der Waals surface area (Å²) in [5.41, 5.74) is 0. The van der Waals surface area contributed by atoms with Crippen LogP contribution in [0.4, 0.5) is 0 Å². The van der Waals surface area contributed by atoms with Gasteiger partial charge >= 0.3 is 0 Å². The van der Waals surface area contributed by atoms with Crippen molar-refractivity contribution in [3.63, 3.8) is 0 Å². The Morgan fingerprint density at radius 1 is 1.36 bits per heavy atom. The average molecular weight is 284 g/mol. The van der Waals surface area contributed by atoms with E-state index in [1.54, 1.807) is 0 Å². The molecule has 0 aliphatic rings. The lowest BCUT2D eigenvalue weighted by Gasteiger charge is -2.35. The van der Waals surface area contributed by atoms with Gasteiger partial charge in [-0.3, -0.25) is 0 Å². The van der Waals surface area contributed by atoms with Crippen LogP contribution in [-0.4, -0.2) is 8.32 Å². The summed E-state index contributed by atoms with van der Waals surface area (Å²) in [6.07, 6.45) is 0. The smallest absolute Gasteiger partial charge is 0.251 e. The maximum Gasteiger partial charge on any atom is 0.251 e. The van der Waals surface area contributed by atoms with E-state index in [1.807, 2.05) is 0 Å². The van der Waals surface area contributed by atoms with Crippen LogP contribution in [0.25, 0.3) is 0 Å². The van der Waals surface area contributed by atoms with E-state index in [-0.39, 0.29) is 5.04 Å². The summed E-state index contributed by atoms with van der Waals surface area (Å²) in [5, 5.41) is 0.279. The van der Waals surface area contributed by atoms with Gasteiger partial charge in [0, 0.05) is 0 Å². The molecule has 1 nitrogen and oxygen atoms in total. The van der Waals surface area contributed by atoms with Crippen LogP contribution in [-0.2, 0) is 4.43 Å². The van der Waals surface area contributed by atoms with Gasteiger partial charge in [0.05, 0.1) is 0 Å². The summed E-state index contributed by atoms with van der Waals surface area (Å²) in [6, 6.07) is 0. The zero-order valence-corrected chi connectivity index (χ0v) is 11.2. The maximum atomic E-state index is 5.73. The van der Waals surface area contributed by atoms with E-state index in [9.17, 15) is 0 Å². The minimum Gasteiger partial charge on any atom is -0.540 e. The molecule has 0 aliphatic heterocycles. The summed E-state index contributed by atoms with van der Waals surface area (Å²) in [6.45, 7) is 14.9. The average Bonchev–Trinajstić information content (AvgIpc) is 1.56. The van der Waals surface area contributed by atoms with Gasteiger partial charge in [0.25, 0.3) is 8.32 Å². The van der Waals surface area contributed by atoms with Crippen molar-refractivity contribution < 1.29 is 4.43 Å². The molecule has 0 unspecified atom stereocenters. The molecule has 0 fully saturated rings. The van der Waals surface area contributed by atoms with Gasteiger partial charge in [0.2, 0.25) is 0 Å². The Morgan fingerprint density at radius 2 is 1.73 bits per heavy atom. The van der Waals surface area contributed by atoms with Crippen LogP contribution in [0.5, 0.6) is 0 Å². The van der Waals surface area contributed by atoms with E-state index in [0.29, 0.717) is 0 Å². The topological polar surface area (TPSA) is 9.23 Å². The maximum absolute atomic E-state index is 5.73. The van der Waals surface area contributed by atoms with Crippen LogP contribution in [0.1, 0.15) is 20.8 Å². The predicted molar refractivity (Wildman–Crippen MR) is 61.4 cm³/mol. The molecule has 0 atom stereocenters. The molecule has 0 aromatic carbocycles. The van der Waals surface area contributed by atoms with E-state index in [4.69, 9.17) is 4.43 Å². The molecule has 0 heterocycles. The van der Waals surface area contributed by atoms with Gasteiger partial charge in [-0.1, -0.05) is 27.4 Å². The number of hydrogen-bond acceptors (Lipinski definition) is 1. The Morgan fingerprint density at radius 3 is 1.82 bits per heavy atom. The minimum absolute atomic E-state index is 0.279. The molecule has 66 valence electrons. The van der Waals surface area contributed by atoms with Crippen molar-refractivity contribution in [1.29, 1.82) is 0 Å². The Hall–Kier alpha value is 0.487. The van der Waals surface area contributed by atoms with Crippen LogP contribution in [0.2, 0.25) is 18.1 Å². The fourth-order valence-electron chi connectivity index (χ4n) is 0.430. The fourth-order valence-corrected chi connectivity index (χ4v) is 2.94. The largest absolute Gasteiger partial charge is 0.540 e. The second-order valence-electron chi connectivity index (χ2n) is 4.22. The van der Waals surface area contributed by atoms with Crippen molar-refractivity contribution in [3.05, 3.63) is 10.3 Å². The summed E-state index contributed by atoms with van der Waals surface area (Å²) in [7, 11) is -1.58. The molecular formula is C8H17IOSi. The lowest BCUT2D eigenvalue weighted by molar-refractivity contribution is 0.426. The van der Waals surface area contributed by atoms with Crippen molar-refractivity contribution in [1.82, 2.24) is 0 Å². The molecular weight excluding hydrogens is 267 g/mol. The highest BCUT2D eigenvalue weighted by Gasteiger charge is 2.38. The summed E-state index contributed by atoms with van der Waals surface area (Å²) in [5.74, 6) is 0. The van der Waals surface area contributed by atoms with E-state index < -0.39 is 8.32 Å². The van der Waals surface area contributed by atoms with E-state index in [2.05, 4.69) is 63.0 Å². The molecule has 0 aromatic rings. The molecule has 0 aliphatic carbocycles. The zero-order valence-electron chi connectivity index (χ0n) is 7.99. The minimum atomic E-state index is -1.58. The summed E-state index contributed by atoms with van der Waals surface area (Å²) >= 11 is 2.13. The zero-order chi connectivity index (χ0) is 9.28. The quantitative estimate of drug-likeness (QED) is 0.424. The first-order valence-corrected chi connectivity index (χ1v) is 7.69. The van der Waals surface area contributed by atoms with Crippen LogP contribution in [0.3, 0.4) is 0 Å². The Bertz CT molecular complexity index is 158. The van der Waals surface area contributed by atoms with Crippen molar-refractivity contribution in [3.8, 4) is 0 Å². The first kappa shape index (κ1) is 11.5. The molecule has 0 N–H and O–H groups in total. The monoisotopic (exact) mass is 284 g/mol. The Labute approximate surface area is 84.5 Å². The lowest BCUT2D eigenvalue weighted by atomic mass is 10.2. The van der Waals surface area contributed by atoms with Gasteiger partial charge in [-0.15, -0.1) is 0 Å².